The Kier molecular flexibility index (Phi) is 4.83. The lowest BCUT2D eigenvalue weighted by Crippen LogP contribution is -2.50. The molecule has 0 spiro atoms. The van der Waals surface area contributed by atoms with Gasteiger partial charge in [0, 0.05) is 22.6 Å². The van der Waals surface area contributed by atoms with Crippen molar-refractivity contribution in [2.24, 2.45) is 5.92 Å². The highest BCUT2D eigenvalue weighted by Crippen LogP contribution is 2.35. The van der Waals surface area contributed by atoms with Gasteiger partial charge in [0.15, 0.2) is 0 Å². The van der Waals surface area contributed by atoms with Crippen LogP contribution in [-0.2, 0) is 11.3 Å². The Labute approximate surface area is 155 Å². The van der Waals surface area contributed by atoms with Crippen molar-refractivity contribution in [3.63, 3.8) is 0 Å². The fraction of sp³-hybridized carbons (Fsp3) is 0.556. The van der Waals surface area contributed by atoms with Gasteiger partial charge in [-0.15, -0.1) is 10.2 Å². The summed E-state index contributed by atoms with van der Waals surface area (Å²) in [5.74, 6) is 1.36. The van der Waals surface area contributed by atoms with Crippen LogP contribution in [0.3, 0.4) is 0 Å². The molecule has 2 heterocycles. The number of hydrogen-bond donors (Lipinski definition) is 0. The van der Waals surface area contributed by atoms with Gasteiger partial charge in [0.1, 0.15) is 6.54 Å². The molecule has 1 aromatic carbocycles. The average Bonchev–Trinajstić information content (AvgIpc) is 3.10. The van der Waals surface area contributed by atoms with Crippen LogP contribution in [0.25, 0.3) is 11.4 Å². The molecule has 2 aromatic rings. The molecule has 2 atom stereocenters. The highest BCUT2D eigenvalue weighted by atomic mass is 79.9. The summed E-state index contributed by atoms with van der Waals surface area (Å²) in [6.07, 6.45) is 7.34. The average molecular weight is 404 g/mol. The Morgan fingerprint density at radius 1 is 1.12 bits per heavy atom. The fourth-order valence-electron chi connectivity index (χ4n) is 4.17. The topological polar surface area (TPSA) is 63.9 Å². The monoisotopic (exact) mass is 403 g/mol. The molecular formula is C18H22BrN5O. The van der Waals surface area contributed by atoms with Crippen LogP contribution in [0.4, 0.5) is 0 Å². The first-order valence-electron chi connectivity index (χ1n) is 9.04. The molecule has 0 unspecified atom stereocenters. The summed E-state index contributed by atoms with van der Waals surface area (Å²) in [4.78, 5) is 16.3. The van der Waals surface area contributed by atoms with Gasteiger partial charge in [0.05, 0.1) is 0 Å². The molecule has 6 nitrogen and oxygen atoms in total. The van der Waals surface area contributed by atoms with E-state index < -0.39 is 0 Å². The summed E-state index contributed by atoms with van der Waals surface area (Å²) in [6, 6.07) is 8.18. The summed E-state index contributed by atoms with van der Waals surface area (Å²) >= 11 is 3.42. The molecule has 2 fully saturated rings. The standard InChI is InChI=1S/C18H22BrN5O/c19-15-9-7-14(8-10-15)18-20-22-24(21-18)12-17(25)23-11-3-5-13-4-1-2-6-16(13)23/h7-10,13,16H,1-6,11-12H2/t13-,16-/m0/s1. The molecule has 25 heavy (non-hydrogen) atoms. The van der Waals surface area contributed by atoms with E-state index in [-0.39, 0.29) is 12.5 Å². The van der Waals surface area contributed by atoms with Gasteiger partial charge in [-0.25, -0.2) is 0 Å². The van der Waals surface area contributed by atoms with E-state index in [2.05, 4.69) is 36.2 Å². The summed E-state index contributed by atoms with van der Waals surface area (Å²) in [7, 11) is 0. The van der Waals surface area contributed by atoms with E-state index in [1.165, 1.54) is 30.5 Å². The van der Waals surface area contributed by atoms with Crippen molar-refractivity contribution in [1.82, 2.24) is 25.1 Å². The van der Waals surface area contributed by atoms with Gasteiger partial charge < -0.3 is 4.90 Å². The van der Waals surface area contributed by atoms with E-state index in [0.717, 1.165) is 29.4 Å². The third-order valence-electron chi connectivity index (χ3n) is 5.40. The smallest absolute Gasteiger partial charge is 0.246 e. The molecule has 0 N–H and O–H groups in total. The molecule has 4 rings (SSSR count). The zero-order valence-electron chi connectivity index (χ0n) is 14.1. The number of amides is 1. The Bertz CT molecular complexity index is 742. The van der Waals surface area contributed by atoms with E-state index in [1.54, 1.807) is 0 Å². The Balaban J connectivity index is 1.45. The Hall–Kier alpha value is -1.76. The summed E-state index contributed by atoms with van der Waals surface area (Å²) in [5, 5.41) is 12.5. The maximum Gasteiger partial charge on any atom is 0.246 e. The van der Waals surface area contributed by atoms with E-state index in [1.807, 2.05) is 24.3 Å². The second-order valence-electron chi connectivity index (χ2n) is 6.99. The second kappa shape index (κ2) is 7.23. The number of tetrazole rings is 1. The van der Waals surface area contributed by atoms with Crippen molar-refractivity contribution < 1.29 is 4.79 Å². The molecule has 1 aromatic heterocycles. The van der Waals surface area contributed by atoms with Gasteiger partial charge in [-0.1, -0.05) is 28.8 Å². The fourth-order valence-corrected chi connectivity index (χ4v) is 4.44. The first-order valence-corrected chi connectivity index (χ1v) is 9.83. The molecule has 7 heteroatoms. The number of benzene rings is 1. The van der Waals surface area contributed by atoms with Gasteiger partial charge >= 0.3 is 0 Å². The summed E-state index contributed by atoms with van der Waals surface area (Å²) < 4.78 is 1.01. The van der Waals surface area contributed by atoms with Crippen LogP contribution in [0.5, 0.6) is 0 Å². The van der Waals surface area contributed by atoms with Crippen LogP contribution in [0.15, 0.2) is 28.7 Å². The van der Waals surface area contributed by atoms with Crippen molar-refractivity contribution in [2.75, 3.05) is 6.54 Å². The van der Waals surface area contributed by atoms with E-state index in [4.69, 9.17) is 0 Å². The third-order valence-corrected chi connectivity index (χ3v) is 5.92. The number of hydrogen-bond acceptors (Lipinski definition) is 4. The minimum absolute atomic E-state index is 0.122. The number of halogens is 1. The van der Waals surface area contributed by atoms with Crippen LogP contribution in [0.2, 0.25) is 0 Å². The number of piperidine rings is 1. The number of carbonyl (C=O) groups is 1. The Morgan fingerprint density at radius 2 is 1.88 bits per heavy atom. The second-order valence-corrected chi connectivity index (χ2v) is 7.91. The number of aromatic nitrogens is 4. The zero-order chi connectivity index (χ0) is 17.2. The van der Waals surface area contributed by atoms with Crippen molar-refractivity contribution in [2.45, 2.75) is 51.1 Å². The highest BCUT2D eigenvalue weighted by molar-refractivity contribution is 9.10. The maximum absolute atomic E-state index is 12.8. The van der Waals surface area contributed by atoms with Crippen molar-refractivity contribution in [3.05, 3.63) is 28.7 Å². The quantitative estimate of drug-likeness (QED) is 0.788. The van der Waals surface area contributed by atoms with Gasteiger partial charge in [0.25, 0.3) is 0 Å². The number of fused-ring (bicyclic) bond motifs is 1. The predicted molar refractivity (Wildman–Crippen MR) is 97.6 cm³/mol. The van der Waals surface area contributed by atoms with Gasteiger partial charge in [-0.2, -0.15) is 4.80 Å². The minimum Gasteiger partial charge on any atom is -0.338 e. The first-order chi connectivity index (χ1) is 12.2. The molecule has 1 amide bonds. The van der Waals surface area contributed by atoms with E-state index >= 15 is 0 Å². The number of nitrogens with zero attached hydrogens (tertiary/aromatic N) is 5. The number of likely N-dealkylation sites (tertiary alicyclic amines) is 1. The number of carbonyl (C=O) groups excluding carboxylic acids is 1. The zero-order valence-corrected chi connectivity index (χ0v) is 15.7. The van der Waals surface area contributed by atoms with Crippen molar-refractivity contribution in [1.29, 1.82) is 0 Å². The molecule has 0 bridgehead atoms. The molecule has 1 saturated heterocycles. The van der Waals surface area contributed by atoms with Crippen LogP contribution in [0, 0.1) is 5.92 Å². The van der Waals surface area contributed by atoms with Crippen LogP contribution in [0.1, 0.15) is 38.5 Å². The molecule has 1 aliphatic heterocycles. The van der Waals surface area contributed by atoms with Gasteiger partial charge in [-0.3, -0.25) is 4.79 Å². The molecule has 1 aliphatic carbocycles. The van der Waals surface area contributed by atoms with Crippen molar-refractivity contribution >= 4 is 21.8 Å². The molecule has 2 aliphatic rings. The summed E-state index contributed by atoms with van der Waals surface area (Å²) in [5.41, 5.74) is 0.896. The van der Waals surface area contributed by atoms with E-state index in [9.17, 15) is 4.79 Å². The Morgan fingerprint density at radius 3 is 2.72 bits per heavy atom. The molecular weight excluding hydrogens is 382 g/mol. The number of rotatable bonds is 3. The van der Waals surface area contributed by atoms with Crippen LogP contribution < -0.4 is 0 Å². The van der Waals surface area contributed by atoms with E-state index in [0.29, 0.717) is 17.8 Å². The molecule has 132 valence electrons. The third kappa shape index (κ3) is 3.61. The lowest BCUT2D eigenvalue weighted by molar-refractivity contribution is -0.138. The largest absolute Gasteiger partial charge is 0.338 e. The van der Waals surface area contributed by atoms with Gasteiger partial charge in [-0.05, 0) is 61.1 Å². The highest BCUT2D eigenvalue weighted by Gasteiger charge is 2.35. The predicted octanol–water partition coefficient (Wildman–Crippen LogP) is 3.28. The molecule has 0 radical (unpaired) electrons. The van der Waals surface area contributed by atoms with Crippen LogP contribution >= 0.6 is 15.9 Å². The van der Waals surface area contributed by atoms with Crippen LogP contribution in [-0.4, -0.2) is 43.6 Å². The normalized spacial score (nSPS) is 23.3. The lowest BCUT2D eigenvalue weighted by Gasteiger charge is -2.44. The SMILES string of the molecule is O=C(Cn1nnc(-c2ccc(Br)cc2)n1)N1CCC[C@@H]2CCCC[C@@H]21. The van der Waals surface area contributed by atoms with Crippen molar-refractivity contribution in [3.8, 4) is 11.4 Å². The molecule has 1 saturated carbocycles. The maximum atomic E-state index is 12.8. The lowest BCUT2D eigenvalue weighted by atomic mass is 9.78. The minimum atomic E-state index is 0.122. The summed E-state index contributed by atoms with van der Waals surface area (Å²) in [6.45, 7) is 1.04. The van der Waals surface area contributed by atoms with Gasteiger partial charge in [0.2, 0.25) is 11.7 Å². The first kappa shape index (κ1) is 16.7.